The number of carbonyl (C=O) groups is 2. The Hall–Kier alpha value is -2.04. The Morgan fingerprint density at radius 1 is 1.36 bits per heavy atom. The van der Waals surface area contributed by atoms with E-state index in [4.69, 9.17) is 4.74 Å². The van der Waals surface area contributed by atoms with E-state index in [0.29, 0.717) is 12.2 Å². The summed E-state index contributed by atoms with van der Waals surface area (Å²) in [5.41, 5.74) is 1.09. The first-order valence-corrected chi connectivity index (χ1v) is 7.91. The zero-order valence-electron chi connectivity index (χ0n) is 13.0. The lowest BCUT2D eigenvalue weighted by Crippen LogP contribution is -2.60. The monoisotopic (exact) mass is 302 g/mol. The molecule has 5 nitrogen and oxygen atoms in total. The molecule has 3 rings (SSSR count). The third-order valence-corrected chi connectivity index (χ3v) is 4.73. The van der Waals surface area contributed by atoms with E-state index in [0.717, 1.165) is 24.9 Å². The second kappa shape index (κ2) is 5.63. The van der Waals surface area contributed by atoms with Crippen LogP contribution in [0.1, 0.15) is 43.5 Å². The number of fused-ring (bicyclic) bond motifs is 1. The van der Waals surface area contributed by atoms with Crippen LogP contribution in [-0.2, 0) is 9.53 Å². The van der Waals surface area contributed by atoms with Crippen molar-refractivity contribution in [2.75, 3.05) is 11.9 Å². The van der Waals surface area contributed by atoms with Gasteiger partial charge in [-0.25, -0.2) is 0 Å². The maximum absolute atomic E-state index is 12.3. The quantitative estimate of drug-likeness (QED) is 0.824. The molecule has 118 valence electrons. The predicted molar refractivity (Wildman–Crippen MR) is 83.4 cm³/mol. The molecule has 5 heteroatoms. The van der Waals surface area contributed by atoms with Gasteiger partial charge >= 0.3 is 5.97 Å². The standard InChI is InChI=1S/C17H22N2O3/c1-3-22-16(21)12-8-9-17(10-11(12)2)18-14-7-5-4-6-13(14)15(20)19-17/h4-7,11-12,18H,3,8-10H2,1-2H3,(H,19,20)/t11-,12-,17+/m1/s1. The lowest BCUT2D eigenvalue weighted by atomic mass is 9.73. The molecule has 1 amide bonds. The van der Waals surface area contributed by atoms with Crippen LogP contribution in [0, 0.1) is 11.8 Å². The Bertz CT molecular complexity index is 601. The molecule has 0 radical (unpaired) electrons. The third-order valence-electron chi connectivity index (χ3n) is 4.73. The predicted octanol–water partition coefficient (Wildman–Crippen LogP) is 2.54. The van der Waals surface area contributed by atoms with E-state index in [9.17, 15) is 9.59 Å². The van der Waals surface area contributed by atoms with Crippen molar-refractivity contribution in [1.82, 2.24) is 5.32 Å². The average molecular weight is 302 g/mol. The SMILES string of the molecule is CCOC(=O)[C@@H]1CC[C@@]2(C[C@H]1C)NC(=O)c1ccccc1N2. The highest BCUT2D eigenvalue weighted by molar-refractivity contribution is 6.02. The third kappa shape index (κ3) is 2.56. The molecule has 2 N–H and O–H groups in total. The number of carbonyl (C=O) groups excluding carboxylic acids is 2. The van der Waals surface area contributed by atoms with Gasteiger partial charge in [-0.1, -0.05) is 19.1 Å². The molecule has 22 heavy (non-hydrogen) atoms. The number of rotatable bonds is 2. The molecule has 1 aliphatic carbocycles. The molecule has 1 aromatic carbocycles. The first-order chi connectivity index (χ1) is 10.5. The van der Waals surface area contributed by atoms with Crippen molar-refractivity contribution < 1.29 is 14.3 Å². The Balaban J connectivity index is 1.78. The van der Waals surface area contributed by atoms with Crippen molar-refractivity contribution in [3.63, 3.8) is 0 Å². The first kappa shape index (κ1) is 14.9. The Kier molecular flexibility index (Phi) is 3.81. The van der Waals surface area contributed by atoms with Gasteiger partial charge < -0.3 is 15.4 Å². The highest BCUT2D eigenvalue weighted by atomic mass is 16.5. The normalized spacial score (nSPS) is 30.2. The van der Waals surface area contributed by atoms with Crippen LogP contribution < -0.4 is 10.6 Å². The molecule has 1 heterocycles. The Labute approximate surface area is 130 Å². The first-order valence-electron chi connectivity index (χ1n) is 7.91. The molecule has 1 aliphatic heterocycles. The number of hydrogen-bond acceptors (Lipinski definition) is 4. The summed E-state index contributed by atoms with van der Waals surface area (Å²) in [5, 5.41) is 6.59. The summed E-state index contributed by atoms with van der Waals surface area (Å²) in [7, 11) is 0. The maximum atomic E-state index is 12.3. The van der Waals surface area contributed by atoms with Crippen molar-refractivity contribution >= 4 is 17.6 Å². The van der Waals surface area contributed by atoms with E-state index in [2.05, 4.69) is 17.6 Å². The molecule has 3 atom stereocenters. The van der Waals surface area contributed by atoms with Crippen molar-refractivity contribution in [2.45, 2.75) is 38.8 Å². The van der Waals surface area contributed by atoms with E-state index in [1.165, 1.54) is 0 Å². The number of nitrogens with one attached hydrogen (secondary N) is 2. The van der Waals surface area contributed by atoms with E-state index in [1.807, 2.05) is 31.2 Å². The fourth-order valence-corrected chi connectivity index (χ4v) is 3.67. The van der Waals surface area contributed by atoms with E-state index >= 15 is 0 Å². The molecule has 1 saturated carbocycles. The maximum Gasteiger partial charge on any atom is 0.309 e. The van der Waals surface area contributed by atoms with Gasteiger partial charge in [0.25, 0.3) is 5.91 Å². The highest BCUT2D eigenvalue weighted by Crippen LogP contribution is 2.40. The molecule has 2 aliphatic rings. The molecule has 0 aromatic heterocycles. The summed E-state index contributed by atoms with van der Waals surface area (Å²) in [5.74, 6) is -0.0872. The number of amides is 1. The Morgan fingerprint density at radius 3 is 2.86 bits per heavy atom. The van der Waals surface area contributed by atoms with Crippen molar-refractivity contribution in [3.05, 3.63) is 29.8 Å². The van der Waals surface area contributed by atoms with E-state index in [-0.39, 0.29) is 23.7 Å². The fraction of sp³-hybridized carbons (Fsp3) is 0.529. The van der Waals surface area contributed by atoms with Gasteiger partial charge in [-0.2, -0.15) is 0 Å². The van der Waals surface area contributed by atoms with Gasteiger partial charge in [-0.3, -0.25) is 9.59 Å². The van der Waals surface area contributed by atoms with Crippen LogP contribution in [0.3, 0.4) is 0 Å². The van der Waals surface area contributed by atoms with Crippen molar-refractivity contribution in [2.24, 2.45) is 11.8 Å². The van der Waals surface area contributed by atoms with Crippen LogP contribution in [0.4, 0.5) is 5.69 Å². The lowest BCUT2D eigenvalue weighted by Gasteiger charge is -2.46. The number of para-hydroxylation sites is 1. The minimum absolute atomic E-state index is 0.0452. The van der Waals surface area contributed by atoms with Gasteiger partial charge in [0, 0.05) is 5.69 Å². The zero-order valence-corrected chi connectivity index (χ0v) is 13.0. The van der Waals surface area contributed by atoms with Gasteiger partial charge in [0.05, 0.1) is 18.1 Å². The van der Waals surface area contributed by atoms with Gasteiger partial charge in [0.1, 0.15) is 5.66 Å². The van der Waals surface area contributed by atoms with Crippen LogP contribution in [0.25, 0.3) is 0 Å². The summed E-state index contributed by atoms with van der Waals surface area (Å²) in [6.07, 6.45) is 2.16. The average Bonchev–Trinajstić information content (AvgIpc) is 2.47. The number of benzene rings is 1. The molecule has 1 fully saturated rings. The summed E-state index contributed by atoms with van der Waals surface area (Å²) in [6, 6.07) is 7.53. The summed E-state index contributed by atoms with van der Waals surface area (Å²) in [4.78, 5) is 24.4. The molecular weight excluding hydrogens is 280 g/mol. The smallest absolute Gasteiger partial charge is 0.309 e. The second-order valence-corrected chi connectivity index (χ2v) is 6.29. The number of ether oxygens (including phenoxy) is 1. The number of anilines is 1. The van der Waals surface area contributed by atoms with E-state index < -0.39 is 5.66 Å². The van der Waals surface area contributed by atoms with Crippen LogP contribution in [0.5, 0.6) is 0 Å². The summed E-state index contributed by atoms with van der Waals surface area (Å²) < 4.78 is 5.16. The summed E-state index contributed by atoms with van der Waals surface area (Å²) >= 11 is 0. The topological polar surface area (TPSA) is 67.4 Å². The highest BCUT2D eigenvalue weighted by Gasteiger charge is 2.45. The van der Waals surface area contributed by atoms with Gasteiger partial charge in [0.2, 0.25) is 0 Å². The van der Waals surface area contributed by atoms with Crippen LogP contribution in [0.15, 0.2) is 24.3 Å². The molecule has 1 aromatic rings. The Morgan fingerprint density at radius 2 is 2.14 bits per heavy atom. The molecule has 0 unspecified atom stereocenters. The van der Waals surface area contributed by atoms with Crippen LogP contribution in [-0.4, -0.2) is 24.1 Å². The molecule has 1 spiro atoms. The zero-order chi connectivity index (χ0) is 15.7. The van der Waals surface area contributed by atoms with Gasteiger partial charge in [0.15, 0.2) is 0 Å². The second-order valence-electron chi connectivity index (χ2n) is 6.29. The minimum Gasteiger partial charge on any atom is -0.466 e. The minimum atomic E-state index is -0.451. The fourth-order valence-electron chi connectivity index (χ4n) is 3.67. The van der Waals surface area contributed by atoms with Gasteiger partial charge in [-0.15, -0.1) is 0 Å². The van der Waals surface area contributed by atoms with Crippen molar-refractivity contribution in [1.29, 1.82) is 0 Å². The molecule has 0 bridgehead atoms. The lowest BCUT2D eigenvalue weighted by molar-refractivity contribution is -0.151. The summed E-state index contributed by atoms with van der Waals surface area (Å²) in [6.45, 7) is 4.29. The molecule has 0 saturated heterocycles. The largest absolute Gasteiger partial charge is 0.466 e. The van der Waals surface area contributed by atoms with E-state index in [1.54, 1.807) is 0 Å². The van der Waals surface area contributed by atoms with Crippen molar-refractivity contribution in [3.8, 4) is 0 Å². The molecular formula is C17H22N2O3. The van der Waals surface area contributed by atoms with Crippen LogP contribution in [0.2, 0.25) is 0 Å². The number of hydrogen-bond donors (Lipinski definition) is 2. The van der Waals surface area contributed by atoms with Gasteiger partial charge in [-0.05, 0) is 44.2 Å². The number of esters is 1. The van der Waals surface area contributed by atoms with Crippen LogP contribution >= 0.6 is 0 Å².